The Morgan fingerprint density at radius 3 is 1.93 bits per heavy atom. The van der Waals surface area contributed by atoms with Gasteiger partial charge in [-0.25, -0.2) is 12.8 Å². The summed E-state index contributed by atoms with van der Waals surface area (Å²) >= 11 is 0. The van der Waals surface area contributed by atoms with Crippen molar-refractivity contribution in [3.63, 3.8) is 0 Å². The quantitative estimate of drug-likeness (QED) is 0.111. The molecule has 0 saturated carbocycles. The van der Waals surface area contributed by atoms with Crippen LogP contribution in [0.4, 0.5) is 10.1 Å². The van der Waals surface area contributed by atoms with Crippen LogP contribution in [0.15, 0.2) is 57.3 Å². The lowest BCUT2D eigenvalue weighted by Gasteiger charge is -2.46. The number of benzene rings is 2. The molecule has 310 valence electrons. The number of piperidine rings is 2. The summed E-state index contributed by atoms with van der Waals surface area (Å²) in [7, 11) is -5.44. The lowest BCUT2D eigenvalue weighted by Crippen LogP contribution is -2.56. The molecule has 9 nitrogen and oxygen atoms in total. The predicted molar refractivity (Wildman–Crippen MR) is 227 cm³/mol. The highest BCUT2D eigenvalue weighted by Gasteiger charge is 2.34. The van der Waals surface area contributed by atoms with Crippen molar-refractivity contribution in [3.05, 3.63) is 48.4 Å². The predicted octanol–water partition coefficient (Wildman–Crippen LogP) is 8.31. The SMILES string of the molecule is CCCCCCCCCCCCOc1ccc(S(=O)(=O)c2cnc3ccc(S(C)=O)cc3c2N2CCC(N3CCN(C4CCN(CC)CC4)CC3)CC2)cc1F. The number of unbranched alkanes of at least 4 members (excludes halogenated alkanes) is 9. The Morgan fingerprint density at radius 2 is 1.36 bits per heavy atom. The first-order chi connectivity index (χ1) is 27.2. The van der Waals surface area contributed by atoms with Gasteiger partial charge in [0.25, 0.3) is 0 Å². The molecule has 12 heteroatoms. The molecule has 3 aliphatic heterocycles. The third kappa shape index (κ3) is 10.9. The number of anilines is 1. The molecule has 4 heterocycles. The number of hydrogen-bond donors (Lipinski definition) is 0. The van der Waals surface area contributed by atoms with Crippen LogP contribution in [-0.2, 0) is 20.6 Å². The van der Waals surface area contributed by atoms with Crippen molar-refractivity contribution in [2.24, 2.45) is 0 Å². The average molecular weight is 812 g/mol. The summed E-state index contributed by atoms with van der Waals surface area (Å²) in [6, 6.07) is 10.5. The molecule has 1 atom stereocenters. The van der Waals surface area contributed by atoms with E-state index in [4.69, 9.17) is 4.74 Å². The molecule has 0 aliphatic carbocycles. The molecule has 1 aromatic heterocycles. The Hall–Kier alpha value is -2.64. The van der Waals surface area contributed by atoms with Crippen LogP contribution in [0.25, 0.3) is 10.9 Å². The van der Waals surface area contributed by atoms with Crippen LogP contribution in [0.5, 0.6) is 5.75 Å². The number of ether oxygens (including phenoxy) is 1. The smallest absolute Gasteiger partial charge is 0.210 e. The molecule has 3 fully saturated rings. The van der Waals surface area contributed by atoms with E-state index in [1.165, 1.54) is 89.2 Å². The number of rotatable bonds is 19. The highest BCUT2D eigenvalue weighted by atomic mass is 32.2. The molecule has 1 unspecified atom stereocenters. The first-order valence-electron chi connectivity index (χ1n) is 21.6. The largest absolute Gasteiger partial charge is 0.491 e. The van der Waals surface area contributed by atoms with Crippen LogP contribution in [0.1, 0.15) is 104 Å². The Morgan fingerprint density at radius 1 is 0.768 bits per heavy atom. The van der Waals surface area contributed by atoms with Crippen LogP contribution in [-0.4, -0.2) is 116 Å². The standard InChI is InChI=1S/C44H66FN5O4S2/c1-4-6-7-8-9-10-11-12-13-14-31-54-42-18-16-38(33-40(42)45)56(52,53)43-34-46-41-17-15-37(55(3)51)32-39(41)44(43)50-25-21-36(22-26-50)49-29-27-48(28-30-49)35-19-23-47(5-2)24-20-35/h15-18,32-36H,4-14,19-31H2,1-3H3. The highest BCUT2D eigenvalue weighted by molar-refractivity contribution is 7.91. The van der Waals surface area contributed by atoms with E-state index in [1.807, 2.05) is 12.1 Å². The molecule has 0 bridgehead atoms. The normalized spacial score (nSPS) is 19.2. The zero-order valence-electron chi connectivity index (χ0n) is 34.2. The van der Waals surface area contributed by atoms with Crippen molar-refractivity contribution < 1.29 is 21.8 Å². The van der Waals surface area contributed by atoms with Crippen LogP contribution in [0, 0.1) is 5.82 Å². The molecule has 0 spiro atoms. The molecule has 6 rings (SSSR count). The second-order valence-electron chi connectivity index (χ2n) is 16.2. The van der Waals surface area contributed by atoms with Gasteiger partial charge in [0.05, 0.1) is 22.7 Å². The fourth-order valence-electron chi connectivity index (χ4n) is 9.03. The molecule has 0 amide bonds. The Labute approximate surface area is 338 Å². The van der Waals surface area contributed by atoms with Gasteiger partial charge in [0, 0.05) is 84.9 Å². The summed E-state index contributed by atoms with van der Waals surface area (Å²) in [6.07, 6.45) is 19.4. The number of pyridine rings is 1. The van der Waals surface area contributed by atoms with Crippen LogP contribution in [0.2, 0.25) is 0 Å². The number of likely N-dealkylation sites (tertiary alicyclic amines) is 1. The molecule has 3 saturated heterocycles. The molecular formula is C44H66FN5O4S2. The summed E-state index contributed by atoms with van der Waals surface area (Å²) < 4.78 is 62.7. The van der Waals surface area contributed by atoms with E-state index in [0.29, 0.717) is 53.3 Å². The van der Waals surface area contributed by atoms with Crippen LogP contribution < -0.4 is 9.64 Å². The minimum absolute atomic E-state index is 0.0450. The van der Waals surface area contributed by atoms with Crippen molar-refractivity contribution in [1.82, 2.24) is 19.7 Å². The van der Waals surface area contributed by atoms with E-state index in [9.17, 15) is 12.6 Å². The molecule has 2 aromatic carbocycles. The van der Waals surface area contributed by atoms with Gasteiger partial charge in [-0.15, -0.1) is 0 Å². The Kier molecular flexibility index (Phi) is 16.0. The van der Waals surface area contributed by atoms with Crippen LogP contribution >= 0.6 is 0 Å². The van der Waals surface area contributed by atoms with Gasteiger partial charge in [0.15, 0.2) is 11.6 Å². The first kappa shape index (κ1) is 43.0. The van der Waals surface area contributed by atoms with E-state index < -0.39 is 26.5 Å². The summed E-state index contributed by atoms with van der Waals surface area (Å²) in [6.45, 7) is 14.1. The van der Waals surface area contributed by atoms with Crippen molar-refractivity contribution in [3.8, 4) is 5.75 Å². The third-order valence-electron chi connectivity index (χ3n) is 12.5. The molecular weight excluding hydrogens is 746 g/mol. The molecule has 0 radical (unpaired) electrons. The van der Waals surface area contributed by atoms with Crippen molar-refractivity contribution >= 4 is 37.2 Å². The van der Waals surface area contributed by atoms with Gasteiger partial charge in [-0.05, 0) is 88.1 Å². The zero-order valence-corrected chi connectivity index (χ0v) is 35.9. The van der Waals surface area contributed by atoms with E-state index in [2.05, 4.69) is 38.4 Å². The maximum absolute atomic E-state index is 15.5. The van der Waals surface area contributed by atoms with E-state index >= 15 is 4.39 Å². The van der Waals surface area contributed by atoms with Gasteiger partial charge in [-0.1, -0.05) is 71.6 Å². The molecule has 3 aliphatic rings. The monoisotopic (exact) mass is 811 g/mol. The summed E-state index contributed by atoms with van der Waals surface area (Å²) in [5.74, 6) is -0.624. The number of aromatic nitrogens is 1. The molecule has 3 aromatic rings. The van der Waals surface area contributed by atoms with E-state index in [-0.39, 0.29) is 15.5 Å². The summed E-state index contributed by atoms with van der Waals surface area (Å²) in [5.41, 5.74) is 1.20. The highest BCUT2D eigenvalue weighted by Crippen LogP contribution is 2.39. The minimum Gasteiger partial charge on any atom is -0.491 e. The van der Waals surface area contributed by atoms with Crippen LogP contribution in [0.3, 0.4) is 0 Å². The first-order valence-corrected chi connectivity index (χ1v) is 24.6. The topological polar surface area (TPSA) is 86.3 Å². The van der Waals surface area contributed by atoms with Gasteiger partial charge < -0.3 is 14.5 Å². The zero-order chi connectivity index (χ0) is 39.5. The fraction of sp³-hybridized carbons (Fsp3) is 0.659. The Balaban J connectivity index is 1.10. The van der Waals surface area contributed by atoms with Gasteiger partial charge in [-0.3, -0.25) is 19.0 Å². The fourth-order valence-corrected chi connectivity index (χ4v) is 11.0. The lowest BCUT2D eigenvalue weighted by molar-refractivity contribution is 0.0384. The Bertz CT molecular complexity index is 1840. The minimum atomic E-state index is -4.18. The second kappa shape index (κ2) is 20.9. The summed E-state index contributed by atoms with van der Waals surface area (Å²) in [5, 5.41) is 0.650. The number of sulfone groups is 1. The average Bonchev–Trinajstić information content (AvgIpc) is 3.22. The molecule has 56 heavy (non-hydrogen) atoms. The van der Waals surface area contributed by atoms with Crippen molar-refractivity contribution in [1.29, 1.82) is 0 Å². The van der Waals surface area contributed by atoms with E-state index in [1.54, 1.807) is 12.3 Å². The third-order valence-corrected chi connectivity index (χ3v) is 15.2. The van der Waals surface area contributed by atoms with Gasteiger partial charge in [0.1, 0.15) is 4.90 Å². The number of piperazine rings is 1. The summed E-state index contributed by atoms with van der Waals surface area (Å²) in [4.78, 5) is 15.1. The van der Waals surface area contributed by atoms with Gasteiger partial charge in [-0.2, -0.15) is 0 Å². The van der Waals surface area contributed by atoms with Crippen molar-refractivity contribution in [2.75, 3.05) is 76.7 Å². The van der Waals surface area contributed by atoms with Gasteiger partial charge in [0.2, 0.25) is 9.84 Å². The maximum Gasteiger partial charge on any atom is 0.210 e. The maximum atomic E-state index is 15.5. The number of halogens is 1. The number of fused-ring (bicyclic) bond motifs is 1. The molecule has 0 N–H and O–H groups in total. The lowest BCUT2D eigenvalue weighted by atomic mass is 9.99. The number of hydrogen-bond acceptors (Lipinski definition) is 9. The van der Waals surface area contributed by atoms with E-state index in [0.717, 1.165) is 70.9 Å². The van der Waals surface area contributed by atoms with Gasteiger partial charge >= 0.3 is 0 Å². The number of nitrogens with zero attached hydrogens (tertiary/aromatic N) is 5. The second-order valence-corrected chi connectivity index (χ2v) is 19.5. The van der Waals surface area contributed by atoms with Crippen molar-refractivity contribution in [2.45, 2.75) is 131 Å².